The minimum absolute atomic E-state index is 0.159. The van der Waals surface area contributed by atoms with Gasteiger partial charge in [-0.2, -0.15) is 0 Å². The monoisotopic (exact) mass is 416 g/mol. The van der Waals surface area contributed by atoms with Gasteiger partial charge in [-0.05, 0) is 42.3 Å². The van der Waals surface area contributed by atoms with Crippen LogP contribution in [0.2, 0.25) is 5.02 Å². The fourth-order valence-electron chi connectivity index (χ4n) is 3.93. The number of benzene rings is 2. The van der Waals surface area contributed by atoms with E-state index in [4.69, 9.17) is 11.6 Å². The lowest BCUT2D eigenvalue weighted by Crippen LogP contribution is -2.21. The van der Waals surface area contributed by atoms with Crippen LogP contribution in [0.4, 0.5) is 5.69 Å². The van der Waals surface area contributed by atoms with E-state index in [1.165, 1.54) is 0 Å². The molecule has 30 heavy (non-hydrogen) atoms. The van der Waals surface area contributed by atoms with E-state index < -0.39 is 0 Å². The Morgan fingerprint density at radius 2 is 2.00 bits per heavy atom. The molecule has 2 aromatic heterocycles. The van der Waals surface area contributed by atoms with Gasteiger partial charge in [-0.25, -0.2) is 4.98 Å². The Morgan fingerprint density at radius 1 is 1.17 bits per heavy atom. The van der Waals surface area contributed by atoms with Gasteiger partial charge in [0.25, 0.3) is 11.8 Å². The first-order valence-electron chi connectivity index (χ1n) is 9.46. The van der Waals surface area contributed by atoms with E-state index in [-0.39, 0.29) is 23.6 Å². The molecule has 7 heteroatoms. The third-order valence-electron chi connectivity index (χ3n) is 5.38. The molecule has 4 aromatic rings. The van der Waals surface area contributed by atoms with Gasteiger partial charge in [0.1, 0.15) is 6.33 Å². The molecule has 5 rings (SSSR count). The summed E-state index contributed by atoms with van der Waals surface area (Å²) in [6.07, 6.45) is 3.32. The molecule has 2 aromatic carbocycles. The first-order chi connectivity index (χ1) is 14.5. The van der Waals surface area contributed by atoms with Crippen molar-refractivity contribution >= 4 is 34.6 Å². The smallest absolute Gasteiger partial charge is 0.276 e. The third kappa shape index (κ3) is 2.93. The van der Waals surface area contributed by atoms with E-state index in [9.17, 15) is 9.59 Å². The summed E-state index contributed by atoms with van der Waals surface area (Å²) in [5, 5.41) is 6.50. The Bertz CT molecular complexity index is 1330. The third-order valence-corrected chi connectivity index (χ3v) is 5.61. The molecule has 0 bridgehead atoms. The van der Waals surface area contributed by atoms with Gasteiger partial charge in [-0.3, -0.25) is 9.59 Å². The Hall–Kier alpha value is -3.64. The Balaban J connectivity index is 1.57. The van der Waals surface area contributed by atoms with Crippen LogP contribution in [0, 0.1) is 6.92 Å². The summed E-state index contributed by atoms with van der Waals surface area (Å²) in [7, 11) is 0. The van der Waals surface area contributed by atoms with Crippen molar-refractivity contribution in [1.82, 2.24) is 14.7 Å². The molecule has 0 saturated heterocycles. The number of anilines is 1. The topological polar surface area (TPSA) is 75.5 Å². The number of rotatable bonds is 3. The predicted octanol–water partition coefficient (Wildman–Crippen LogP) is 4.38. The number of pyridine rings is 1. The highest BCUT2D eigenvalue weighted by molar-refractivity contribution is 6.31. The molecule has 2 N–H and O–H groups in total. The summed E-state index contributed by atoms with van der Waals surface area (Å²) >= 11 is 6.09. The molecule has 1 atom stereocenters. The number of imidazole rings is 1. The van der Waals surface area contributed by atoms with E-state index >= 15 is 0 Å². The standard InChI is InChI=1S/C23H17ClN4O2/c1-13-5-2-3-6-15(13)20-19-16(22(29)27-20)7-4-8-17(19)26-23(30)21-18-11-14(24)9-10-28(18)12-25-21/h2-12,20H,1H3,(H,26,30)(H,27,29). The van der Waals surface area contributed by atoms with Crippen molar-refractivity contribution in [3.05, 3.63) is 100 Å². The highest BCUT2D eigenvalue weighted by atomic mass is 35.5. The van der Waals surface area contributed by atoms with E-state index in [1.54, 1.807) is 47.3 Å². The van der Waals surface area contributed by atoms with Crippen LogP contribution in [0.5, 0.6) is 0 Å². The molecule has 1 aliphatic rings. The number of carbonyl (C=O) groups is 2. The van der Waals surface area contributed by atoms with E-state index in [1.807, 2.05) is 31.2 Å². The second kappa shape index (κ2) is 7.00. The number of carbonyl (C=O) groups excluding carboxylic acids is 2. The van der Waals surface area contributed by atoms with Crippen molar-refractivity contribution in [3.8, 4) is 0 Å². The number of hydrogen-bond acceptors (Lipinski definition) is 3. The molecule has 0 aliphatic carbocycles. The number of aryl methyl sites for hydroxylation is 1. The van der Waals surface area contributed by atoms with Gasteiger partial charge in [-0.15, -0.1) is 0 Å². The number of nitrogens with zero attached hydrogens (tertiary/aromatic N) is 2. The zero-order chi connectivity index (χ0) is 20.8. The number of amides is 2. The molecule has 148 valence electrons. The second-order valence-electron chi connectivity index (χ2n) is 7.21. The lowest BCUT2D eigenvalue weighted by atomic mass is 9.93. The van der Waals surface area contributed by atoms with Crippen LogP contribution in [-0.4, -0.2) is 21.2 Å². The fourth-order valence-corrected chi connectivity index (χ4v) is 4.09. The fraction of sp³-hybridized carbons (Fsp3) is 0.0870. The van der Waals surface area contributed by atoms with Crippen LogP contribution in [0.15, 0.2) is 67.1 Å². The summed E-state index contributed by atoms with van der Waals surface area (Å²) in [4.78, 5) is 29.9. The average Bonchev–Trinajstić information content (AvgIpc) is 3.30. The van der Waals surface area contributed by atoms with E-state index in [0.29, 0.717) is 21.8 Å². The van der Waals surface area contributed by atoms with Crippen molar-refractivity contribution < 1.29 is 9.59 Å². The summed E-state index contributed by atoms with van der Waals surface area (Å²) in [6, 6.07) is 16.3. The molecule has 0 radical (unpaired) electrons. The van der Waals surface area contributed by atoms with Crippen LogP contribution in [-0.2, 0) is 0 Å². The maximum atomic E-state index is 13.1. The second-order valence-corrected chi connectivity index (χ2v) is 7.65. The quantitative estimate of drug-likeness (QED) is 0.520. The predicted molar refractivity (Wildman–Crippen MR) is 115 cm³/mol. The number of hydrogen-bond donors (Lipinski definition) is 2. The van der Waals surface area contributed by atoms with Crippen molar-refractivity contribution in [1.29, 1.82) is 0 Å². The SMILES string of the molecule is Cc1ccccc1C1NC(=O)c2cccc(NC(=O)c3ncn4ccc(Cl)cc34)c21. The van der Waals surface area contributed by atoms with Gasteiger partial charge in [-0.1, -0.05) is 41.9 Å². The summed E-state index contributed by atoms with van der Waals surface area (Å²) in [6.45, 7) is 2.00. The van der Waals surface area contributed by atoms with E-state index in [2.05, 4.69) is 15.6 Å². The largest absolute Gasteiger partial charge is 0.341 e. The van der Waals surface area contributed by atoms with Gasteiger partial charge >= 0.3 is 0 Å². The maximum absolute atomic E-state index is 13.1. The van der Waals surface area contributed by atoms with Gasteiger partial charge in [0.05, 0.1) is 11.6 Å². The minimum Gasteiger partial charge on any atom is -0.341 e. The summed E-state index contributed by atoms with van der Waals surface area (Å²) in [5.41, 5.74) is 4.81. The van der Waals surface area contributed by atoms with Gasteiger partial charge in [0, 0.05) is 28.0 Å². The van der Waals surface area contributed by atoms with Gasteiger partial charge in [0.15, 0.2) is 5.69 Å². The van der Waals surface area contributed by atoms with Crippen LogP contribution in [0.25, 0.3) is 5.52 Å². The van der Waals surface area contributed by atoms with Crippen molar-refractivity contribution in [2.75, 3.05) is 5.32 Å². The molecule has 1 unspecified atom stereocenters. The number of fused-ring (bicyclic) bond motifs is 2. The van der Waals surface area contributed by atoms with Crippen LogP contribution >= 0.6 is 11.6 Å². The lowest BCUT2D eigenvalue weighted by molar-refractivity contribution is 0.0959. The first-order valence-corrected chi connectivity index (χ1v) is 9.83. The van der Waals surface area contributed by atoms with Crippen LogP contribution in [0.3, 0.4) is 0 Å². The molecule has 2 amide bonds. The summed E-state index contributed by atoms with van der Waals surface area (Å²) < 4.78 is 1.73. The first kappa shape index (κ1) is 18.4. The summed E-state index contributed by atoms with van der Waals surface area (Å²) in [5.74, 6) is -0.523. The van der Waals surface area contributed by atoms with Crippen molar-refractivity contribution in [2.45, 2.75) is 13.0 Å². The molecule has 3 heterocycles. The highest BCUT2D eigenvalue weighted by Crippen LogP contribution is 2.37. The van der Waals surface area contributed by atoms with Gasteiger partial charge < -0.3 is 15.0 Å². The normalized spacial score (nSPS) is 15.1. The molecular weight excluding hydrogens is 400 g/mol. The van der Waals surface area contributed by atoms with Crippen LogP contribution < -0.4 is 10.6 Å². The molecule has 0 saturated carbocycles. The molecule has 1 aliphatic heterocycles. The lowest BCUT2D eigenvalue weighted by Gasteiger charge is -2.18. The molecule has 0 spiro atoms. The van der Waals surface area contributed by atoms with Gasteiger partial charge in [0.2, 0.25) is 0 Å². The van der Waals surface area contributed by atoms with Crippen molar-refractivity contribution in [2.24, 2.45) is 0 Å². The Kier molecular flexibility index (Phi) is 4.29. The Morgan fingerprint density at radius 3 is 2.83 bits per heavy atom. The molecule has 0 fully saturated rings. The molecule has 6 nitrogen and oxygen atoms in total. The zero-order valence-corrected chi connectivity index (χ0v) is 16.8. The zero-order valence-electron chi connectivity index (χ0n) is 16.0. The average molecular weight is 417 g/mol. The molecular formula is C23H17ClN4O2. The number of aromatic nitrogens is 2. The number of nitrogens with one attached hydrogen (secondary N) is 2. The highest BCUT2D eigenvalue weighted by Gasteiger charge is 2.33. The van der Waals surface area contributed by atoms with E-state index in [0.717, 1.165) is 16.7 Å². The Labute approximate surface area is 177 Å². The number of halogens is 1. The van der Waals surface area contributed by atoms with Crippen LogP contribution in [0.1, 0.15) is 43.6 Å². The van der Waals surface area contributed by atoms with Crippen molar-refractivity contribution in [3.63, 3.8) is 0 Å². The maximum Gasteiger partial charge on any atom is 0.276 e. The minimum atomic E-state index is -0.365.